The van der Waals surface area contributed by atoms with Crippen molar-refractivity contribution in [3.8, 4) is 0 Å². The number of thiophene rings is 1. The maximum atomic E-state index is 12.9. The Morgan fingerprint density at radius 1 is 1.48 bits per heavy atom. The minimum absolute atomic E-state index is 0.0421. The van der Waals surface area contributed by atoms with E-state index >= 15 is 0 Å². The van der Waals surface area contributed by atoms with Gasteiger partial charge in [-0.05, 0) is 18.4 Å². The zero-order valence-corrected chi connectivity index (χ0v) is 14.8. The van der Waals surface area contributed by atoms with Crippen LogP contribution in [0.25, 0.3) is 0 Å². The Kier molecular flexibility index (Phi) is 5.30. The van der Waals surface area contributed by atoms with E-state index in [9.17, 15) is 13.2 Å². The van der Waals surface area contributed by atoms with Crippen molar-refractivity contribution >= 4 is 44.8 Å². The van der Waals surface area contributed by atoms with Gasteiger partial charge in [-0.25, -0.2) is 17.5 Å². The first-order chi connectivity index (χ1) is 10.8. The van der Waals surface area contributed by atoms with E-state index in [0.717, 1.165) is 15.6 Å². The Labute approximate surface area is 141 Å². The average molecular weight is 381 g/mol. The zero-order chi connectivity index (χ0) is 17.2. The summed E-state index contributed by atoms with van der Waals surface area (Å²) >= 11 is 6.98. The minimum atomic E-state index is -4.17. The first-order valence-corrected chi connectivity index (χ1v) is 8.83. The summed E-state index contributed by atoms with van der Waals surface area (Å²) < 4.78 is 41.1. The molecule has 0 N–H and O–H groups in total. The number of hydrogen-bond donors (Lipinski definition) is 0. The van der Waals surface area contributed by atoms with Crippen molar-refractivity contribution in [1.82, 2.24) is 5.16 Å². The van der Waals surface area contributed by atoms with Crippen molar-refractivity contribution in [2.75, 3.05) is 25.3 Å². The average Bonchev–Trinajstić information content (AvgIpc) is 3.13. The second kappa shape index (κ2) is 6.87. The Hall–Kier alpha value is -1.62. The lowest BCUT2D eigenvalue weighted by Crippen LogP contribution is -2.33. The molecule has 0 aliphatic heterocycles. The fourth-order valence-corrected chi connectivity index (χ4v) is 4.57. The highest BCUT2D eigenvalue weighted by Gasteiger charge is 2.34. The summed E-state index contributed by atoms with van der Waals surface area (Å²) in [5, 5.41) is 5.14. The number of esters is 1. The predicted molar refractivity (Wildman–Crippen MR) is 83.4 cm³/mol. The number of aryl methyl sites for hydroxylation is 1. The molecule has 23 heavy (non-hydrogen) atoms. The van der Waals surface area contributed by atoms with E-state index in [1.54, 1.807) is 6.92 Å². The van der Waals surface area contributed by atoms with E-state index in [1.807, 2.05) is 0 Å². The van der Waals surface area contributed by atoms with Gasteiger partial charge in [-0.1, -0.05) is 16.8 Å². The van der Waals surface area contributed by atoms with E-state index in [-0.39, 0.29) is 27.4 Å². The molecule has 0 saturated heterocycles. The lowest BCUT2D eigenvalue weighted by molar-refractivity contribution is 0.0602. The van der Waals surface area contributed by atoms with E-state index < -0.39 is 16.0 Å². The molecular formula is C12H13ClN2O6S2. The molecule has 0 aromatic carbocycles. The van der Waals surface area contributed by atoms with Gasteiger partial charge in [0, 0.05) is 7.11 Å². The molecule has 0 radical (unpaired) electrons. The summed E-state index contributed by atoms with van der Waals surface area (Å²) in [6.07, 6.45) is 0. The van der Waals surface area contributed by atoms with E-state index in [0.29, 0.717) is 5.69 Å². The highest BCUT2D eigenvalue weighted by molar-refractivity contribution is 7.93. The number of carbonyl (C=O) groups is 1. The molecule has 0 bridgehead atoms. The van der Waals surface area contributed by atoms with Crippen molar-refractivity contribution in [3.05, 3.63) is 27.0 Å². The molecule has 2 aromatic rings. The van der Waals surface area contributed by atoms with Crippen LogP contribution in [0.3, 0.4) is 0 Å². The van der Waals surface area contributed by atoms with Gasteiger partial charge in [-0.3, -0.25) is 0 Å². The zero-order valence-electron chi connectivity index (χ0n) is 12.4. The molecule has 8 nitrogen and oxygen atoms in total. The van der Waals surface area contributed by atoms with Crippen molar-refractivity contribution in [1.29, 1.82) is 0 Å². The second-order valence-corrected chi connectivity index (χ2v) is 7.39. The van der Waals surface area contributed by atoms with Gasteiger partial charge in [-0.15, -0.1) is 11.3 Å². The van der Waals surface area contributed by atoms with Crippen LogP contribution in [-0.2, 0) is 19.5 Å². The van der Waals surface area contributed by atoms with Crippen LogP contribution in [0.4, 0.5) is 5.88 Å². The second-order valence-electron chi connectivity index (χ2n) is 4.26. The number of nitrogens with zero attached hydrogens (tertiary/aromatic N) is 2. The Morgan fingerprint density at radius 3 is 2.70 bits per heavy atom. The van der Waals surface area contributed by atoms with Crippen LogP contribution in [0.15, 0.2) is 20.9 Å². The third-order valence-corrected chi connectivity index (χ3v) is 6.02. The van der Waals surface area contributed by atoms with Gasteiger partial charge in [0.15, 0.2) is 0 Å². The molecule has 0 unspecified atom stereocenters. The Morgan fingerprint density at radius 2 is 2.17 bits per heavy atom. The summed E-state index contributed by atoms with van der Waals surface area (Å²) in [6.45, 7) is 1.20. The van der Waals surface area contributed by atoms with Crippen LogP contribution in [0, 0.1) is 6.92 Å². The van der Waals surface area contributed by atoms with Crippen molar-refractivity contribution in [2.45, 2.75) is 11.8 Å². The van der Waals surface area contributed by atoms with E-state index in [2.05, 4.69) is 9.89 Å². The number of carbonyl (C=O) groups excluding carboxylic acids is 1. The molecule has 2 rings (SSSR count). The fourth-order valence-electron chi connectivity index (χ4n) is 1.72. The summed E-state index contributed by atoms with van der Waals surface area (Å²) in [5.41, 5.74) is 0.330. The smallest absolute Gasteiger partial charge is 0.349 e. The SMILES string of the molecule is COCN(c1onc(C)c1Cl)S(=O)(=O)c1ccsc1C(=O)OC. The van der Waals surface area contributed by atoms with Gasteiger partial charge in [0.1, 0.15) is 27.2 Å². The third kappa shape index (κ3) is 3.20. The normalized spacial score (nSPS) is 11.5. The van der Waals surface area contributed by atoms with Gasteiger partial charge in [-0.2, -0.15) is 0 Å². The van der Waals surface area contributed by atoms with Crippen LogP contribution < -0.4 is 4.31 Å². The quantitative estimate of drug-likeness (QED) is 0.559. The lowest BCUT2D eigenvalue weighted by Gasteiger charge is -2.20. The molecule has 11 heteroatoms. The van der Waals surface area contributed by atoms with Crippen LogP contribution >= 0.6 is 22.9 Å². The number of methoxy groups -OCH3 is 2. The topological polar surface area (TPSA) is 98.9 Å². The molecular weight excluding hydrogens is 368 g/mol. The first-order valence-electron chi connectivity index (χ1n) is 6.13. The monoisotopic (exact) mass is 380 g/mol. The molecule has 0 amide bonds. The van der Waals surface area contributed by atoms with E-state index in [1.165, 1.54) is 25.7 Å². The van der Waals surface area contributed by atoms with Crippen molar-refractivity contribution in [2.24, 2.45) is 0 Å². The van der Waals surface area contributed by atoms with Crippen LogP contribution in [-0.4, -0.2) is 40.5 Å². The number of sulfonamides is 1. The van der Waals surface area contributed by atoms with Gasteiger partial charge in [0.05, 0.1) is 7.11 Å². The van der Waals surface area contributed by atoms with Gasteiger partial charge in [0.2, 0.25) is 0 Å². The van der Waals surface area contributed by atoms with Gasteiger partial charge >= 0.3 is 5.97 Å². The van der Waals surface area contributed by atoms with E-state index in [4.69, 9.17) is 20.9 Å². The number of halogens is 1. The van der Waals surface area contributed by atoms with Gasteiger partial charge < -0.3 is 14.0 Å². The summed E-state index contributed by atoms with van der Waals surface area (Å²) in [7, 11) is -1.69. The minimum Gasteiger partial charge on any atom is -0.465 e. The molecule has 0 saturated carbocycles. The first kappa shape index (κ1) is 17.7. The number of ether oxygens (including phenoxy) is 2. The number of hydrogen-bond acceptors (Lipinski definition) is 8. The Balaban J connectivity index is 2.57. The predicted octanol–water partition coefficient (Wildman–Crippen LogP) is 2.28. The summed E-state index contributed by atoms with van der Waals surface area (Å²) in [6, 6.07) is 1.30. The fraction of sp³-hybridized carbons (Fsp3) is 0.333. The molecule has 0 atom stereocenters. The lowest BCUT2D eigenvalue weighted by atomic mass is 10.5. The van der Waals surface area contributed by atoms with Crippen LogP contribution in [0.2, 0.25) is 5.02 Å². The molecule has 0 fully saturated rings. The third-order valence-electron chi connectivity index (χ3n) is 2.82. The number of aromatic nitrogens is 1. The molecule has 2 aromatic heterocycles. The molecule has 0 aliphatic carbocycles. The molecule has 2 heterocycles. The summed E-state index contributed by atoms with van der Waals surface area (Å²) in [4.78, 5) is 11.5. The van der Waals surface area contributed by atoms with Crippen LogP contribution in [0.5, 0.6) is 0 Å². The van der Waals surface area contributed by atoms with Crippen molar-refractivity contribution < 1.29 is 27.2 Å². The highest BCUT2D eigenvalue weighted by Crippen LogP contribution is 2.34. The summed E-state index contributed by atoms with van der Waals surface area (Å²) in [5.74, 6) is -0.941. The number of anilines is 1. The molecule has 0 aliphatic rings. The molecule has 126 valence electrons. The Bertz CT molecular complexity index is 813. The maximum Gasteiger partial charge on any atom is 0.349 e. The van der Waals surface area contributed by atoms with Crippen LogP contribution in [0.1, 0.15) is 15.4 Å². The van der Waals surface area contributed by atoms with Crippen molar-refractivity contribution in [3.63, 3.8) is 0 Å². The standard InChI is InChI=1S/C12H13ClN2O6S2/c1-7-9(13)11(21-14-7)15(6-19-2)23(17,18)8-4-5-22-10(8)12(16)20-3/h4-5H,6H2,1-3H3. The number of rotatable bonds is 6. The highest BCUT2D eigenvalue weighted by atomic mass is 35.5. The molecule has 0 spiro atoms. The largest absolute Gasteiger partial charge is 0.465 e. The van der Waals surface area contributed by atoms with Gasteiger partial charge in [0.25, 0.3) is 15.9 Å². The maximum absolute atomic E-state index is 12.9.